The van der Waals surface area contributed by atoms with E-state index in [-0.39, 0.29) is 11.5 Å². The highest BCUT2D eigenvalue weighted by molar-refractivity contribution is 5.93. The van der Waals surface area contributed by atoms with E-state index in [0.29, 0.717) is 11.4 Å². The minimum Gasteiger partial charge on any atom is -0.324 e. The number of anilines is 1. The summed E-state index contributed by atoms with van der Waals surface area (Å²) in [4.78, 5) is 28.8. The number of nitrogens with zero attached hydrogens (tertiary/aromatic N) is 3. The molecule has 2 heterocycles. The number of carbonyl (C=O) groups is 1. The highest BCUT2D eigenvalue weighted by Gasteiger charge is 2.18. The van der Waals surface area contributed by atoms with Crippen molar-refractivity contribution in [2.45, 2.75) is 26.8 Å². The monoisotopic (exact) mass is 348 g/mol. The fourth-order valence-electron chi connectivity index (χ4n) is 2.56. The predicted molar refractivity (Wildman–Crippen MR) is 101 cm³/mol. The number of pyridine rings is 1. The zero-order chi connectivity index (χ0) is 18.7. The molecule has 1 N–H and O–H groups in total. The maximum absolute atomic E-state index is 12.6. The molecule has 1 unspecified atom stereocenters. The van der Waals surface area contributed by atoms with Gasteiger partial charge < -0.3 is 5.32 Å². The zero-order valence-corrected chi connectivity index (χ0v) is 14.9. The molecule has 0 aliphatic carbocycles. The molecule has 0 fully saturated rings. The van der Waals surface area contributed by atoms with E-state index in [9.17, 15) is 9.59 Å². The fourth-order valence-corrected chi connectivity index (χ4v) is 2.56. The number of benzene rings is 1. The highest BCUT2D eigenvalue weighted by Crippen LogP contribution is 2.17. The van der Waals surface area contributed by atoms with E-state index in [1.54, 1.807) is 37.5 Å². The van der Waals surface area contributed by atoms with Crippen molar-refractivity contribution in [3.8, 4) is 11.3 Å². The van der Waals surface area contributed by atoms with E-state index in [0.717, 1.165) is 16.7 Å². The van der Waals surface area contributed by atoms with Gasteiger partial charge in [-0.15, -0.1) is 0 Å². The van der Waals surface area contributed by atoms with Gasteiger partial charge in [-0.25, -0.2) is 4.68 Å². The number of hydrogen-bond acceptors (Lipinski definition) is 4. The molecule has 0 radical (unpaired) electrons. The number of rotatable bonds is 4. The molecule has 0 spiro atoms. The number of aromatic nitrogens is 3. The average molecular weight is 348 g/mol. The third kappa shape index (κ3) is 3.69. The van der Waals surface area contributed by atoms with E-state index in [1.807, 2.05) is 32.0 Å². The van der Waals surface area contributed by atoms with Crippen molar-refractivity contribution in [2.75, 3.05) is 5.32 Å². The van der Waals surface area contributed by atoms with Crippen LogP contribution in [0.2, 0.25) is 0 Å². The van der Waals surface area contributed by atoms with Gasteiger partial charge in [-0.05, 0) is 62.2 Å². The Morgan fingerprint density at radius 3 is 2.46 bits per heavy atom. The lowest BCUT2D eigenvalue weighted by atomic mass is 10.1. The van der Waals surface area contributed by atoms with Crippen molar-refractivity contribution in [1.29, 1.82) is 0 Å². The molecule has 6 nitrogen and oxygen atoms in total. The summed E-state index contributed by atoms with van der Waals surface area (Å²) in [6, 6.07) is 11.6. The van der Waals surface area contributed by atoms with Gasteiger partial charge in [0.2, 0.25) is 5.91 Å². The van der Waals surface area contributed by atoms with Crippen LogP contribution in [0.5, 0.6) is 0 Å². The van der Waals surface area contributed by atoms with Gasteiger partial charge in [-0.2, -0.15) is 5.10 Å². The molecule has 6 heteroatoms. The fraction of sp³-hybridized carbons (Fsp3) is 0.200. The van der Waals surface area contributed by atoms with Gasteiger partial charge in [0.15, 0.2) is 0 Å². The summed E-state index contributed by atoms with van der Waals surface area (Å²) < 4.78 is 1.20. The highest BCUT2D eigenvalue weighted by atomic mass is 16.2. The Bertz CT molecular complexity index is 996. The van der Waals surface area contributed by atoms with Crippen LogP contribution in [0.25, 0.3) is 11.3 Å². The number of hydrogen-bond donors (Lipinski definition) is 1. The molecule has 3 rings (SSSR count). The van der Waals surface area contributed by atoms with Crippen LogP contribution in [-0.2, 0) is 4.79 Å². The zero-order valence-electron chi connectivity index (χ0n) is 14.9. The van der Waals surface area contributed by atoms with Crippen molar-refractivity contribution >= 4 is 11.6 Å². The molecule has 26 heavy (non-hydrogen) atoms. The van der Waals surface area contributed by atoms with Gasteiger partial charge in [0.1, 0.15) is 6.04 Å². The molecule has 0 saturated carbocycles. The van der Waals surface area contributed by atoms with Crippen LogP contribution >= 0.6 is 0 Å². The first kappa shape index (κ1) is 17.5. The minimum atomic E-state index is -0.745. The number of amides is 1. The van der Waals surface area contributed by atoms with E-state index in [4.69, 9.17) is 0 Å². The third-order valence-corrected chi connectivity index (χ3v) is 4.32. The predicted octanol–water partition coefficient (Wildman–Crippen LogP) is 3.12. The van der Waals surface area contributed by atoms with Crippen LogP contribution in [0.4, 0.5) is 5.69 Å². The first-order valence-corrected chi connectivity index (χ1v) is 8.34. The molecule has 2 aromatic heterocycles. The van der Waals surface area contributed by atoms with Gasteiger partial charge in [0.05, 0.1) is 5.69 Å². The summed E-state index contributed by atoms with van der Waals surface area (Å²) in [7, 11) is 0. The van der Waals surface area contributed by atoms with Crippen molar-refractivity contribution in [1.82, 2.24) is 14.8 Å². The second-order valence-corrected chi connectivity index (χ2v) is 6.20. The van der Waals surface area contributed by atoms with Crippen LogP contribution in [-0.4, -0.2) is 20.7 Å². The van der Waals surface area contributed by atoms with Crippen molar-refractivity contribution in [3.05, 3.63) is 76.3 Å². The Hall–Kier alpha value is -3.28. The van der Waals surface area contributed by atoms with Gasteiger partial charge >= 0.3 is 0 Å². The molecule has 1 amide bonds. The number of carbonyl (C=O) groups excluding carboxylic acids is 1. The van der Waals surface area contributed by atoms with Gasteiger partial charge in [-0.1, -0.05) is 6.07 Å². The lowest BCUT2D eigenvalue weighted by molar-refractivity contribution is -0.119. The Kier molecular flexibility index (Phi) is 4.93. The Balaban J connectivity index is 1.86. The van der Waals surface area contributed by atoms with Crippen LogP contribution in [0, 0.1) is 13.8 Å². The molecule has 132 valence electrons. The van der Waals surface area contributed by atoms with E-state index < -0.39 is 6.04 Å². The van der Waals surface area contributed by atoms with Crippen molar-refractivity contribution in [2.24, 2.45) is 0 Å². The molecular weight excluding hydrogens is 328 g/mol. The summed E-state index contributed by atoms with van der Waals surface area (Å²) in [5.74, 6) is -0.297. The molecule has 0 saturated heterocycles. The summed E-state index contributed by atoms with van der Waals surface area (Å²) >= 11 is 0. The minimum absolute atomic E-state index is 0.297. The molecule has 0 aliphatic heterocycles. The van der Waals surface area contributed by atoms with Crippen LogP contribution in [0.1, 0.15) is 24.1 Å². The topological polar surface area (TPSA) is 76.9 Å². The molecule has 1 aromatic carbocycles. The van der Waals surface area contributed by atoms with Crippen LogP contribution in [0.3, 0.4) is 0 Å². The molecule has 0 aliphatic rings. The molecule has 0 bridgehead atoms. The van der Waals surface area contributed by atoms with E-state index >= 15 is 0 Å². The quantitative estimate of drug-likeness (QED) is 0.786. The second-order valence-electron chi connectivity index (χ2n) is 6.20. The smallest absolute Gasteiger partial charge is 0.267 e. The van der Waals surface area contributed by atoms with Gasteiger partial charge in [0.25, 0.3) is 5.56 Å². The Morgan fingerprint density at radius 2 is 1.77 bits per heavy atom. The molecule has 3 aromatic rings. The normalized spacial score (nSPS) is 11.8. The first-order valence-electron chi connectivity index (χ1n) is 8.34. The number of aryl methyl sites for hydroxylation is 2. The SMILES string of the molecule is Cc1ccc(NC(=O)C(C)n2nc(-c3ccncc3)ccc2=O)cc1C. The van der Waals surface area contributed by atoms with Gasteiger partial charge in [0, 0.05) is 29.7 Å². The van der Waals surface area contributed by atoms with E-state index in [1.165, 1.54) is 10.7 Å². The van der Waals surface area contributed by atoms with Crippen molar-refractivity contribution < 1.29 is 4.79 Å². The number of nitrogens with one attached hydrogen (secondary N) is 1. The molecular formula is C20H20N4O2. The summed E-state index contributed by atoms with van der Waals surface area (Å²) in [6.45, 7) is 5.65. The summed E-state index contributed by atoms with van der Waals surface area (Å²) in [5, 5.41) is 7.20. The van der Waals surface area contributed by atoms with Crippen LogP contribution in [0.15, 0.2) is 59.7 Å². The maximum atomic E-state index is 12.6. The third-order valence-electron chi connectivity index (χ3n) is 4.32. The van der Waals surface area contributed by atoms with E-state index in [2.05, 4.69) is 15.4 Å². The largest absolute Gasteiger partial charge is 0.324 e. The maximum Gasteiger partial charge on any atom is 0.267 e. The van der Waals surface area contributed by atoms with Gasteiger partial charge in [-0.3, -0.25) is 14.6 Å². The van der Waals surface area contributed by atoms with Crippen LogP contribution < -0.4 is 10.9 Å². The Labute approximate surface area is 151 Å². The lowest BCUT2D eigenvalue weighted by Crippen LogP contribution is -2.33. The Morgan fingerprint density at radius 1 is 1.04 bits per heavy atom. The molecule has 1 atom stereocenters. The first-order chi connectivity index (χ1) is 12.5. The standard InChI is InChI=1S/C20H20N4O2/c1-13-4-5-17(12-14(13)2)22-20(26)15(3)24-19(25)7-6-18(23-24)16-8-10-21-11-9-16/h4-12,15H,1-3H3,(H,22,26). The second kappa shape index (κ2) is 7.31. The summed E-state index contributed by atoms with van der Waals surface area (Å²) in [5.41, 5.74) is 4.05. The van der Waals surface area contributed by atoms with Crippen molar-refractivity contribution in [3.63, 3.8) is 0 Å². The lowest BCUT2D eigenvalue weighted by Gasteiger charge is -2.15. The summed E-state index contributed by atoms with van der Waals surface area (Å²) in [6.07, 6.45) is 3.31. The average Bonchev–Trinajstić information content (AvgIpc) is 2.65.